The highest BCUT2D eigenvalue weighted by Crippen LogP contribution is 2.32. The minimum Gasteiger partial charge on any atom is -0.477 e. The number of hydrogen-bond acceptors (Lipinski definition) is 4. The van der Waals surface area contributed by atoms with Crippen molar-refractivity contribution in [2.45, 2.75) is 13.0 Å². The molecule has 0 bridgehead atoms. The summed E-state index contributed by atoms with van der Waals surface area (Å²) in [6.07, 6.45) is -0.832. The van der Waals surface area contributed by atoms with E-state index in [1.54, 1.807) is 25.2 Å². The Morgan fingerprint density at radius 3 is 2.74 bits per heavy atom. The van der Waals surface area contributed by atoms with Gasteiger partial charge in [-0.25, -0.2) is 13.1 Å². The molecule has 2 rings (SSSR count). The van der Waals surface area contributed by atoms with E-state index in [1.807, 2.05) is 6.07 Å². The molecular formula is C12H16N2O4S. The number of fused-ring (bicyclic) bond motifs is 1. The Morgan fingerprint density at radius 1 is 1.37 bits per heavy atom. The van der Waals surface area contributed by atoms with Gasteiger partial charge in [-0.3, -0.25) is 4.79 Å². The first-order valence-electron chi connectivity index (χ1n) is 5.95. The third-order valence-electron chi connectivity index (χ3n) is 2.97. The lowest BCUT2D eigenvalue weighted by Gasteiger charge is -2.31. The van der Waals surface area contributed by atoms with Crippen LogP contribution in [-0.4, -0.2) is 39.8 Å². The summed E-state index contributed by atoms with van der Waals surface area (Å²) < 4.78 is 30.7. The second-order valence-electron chi connectivity index (χ2n) is 4.22. The second kappa shape index (κ2) is 5.18. The Kier molecular flexibility index (Phi) is 3.77. The zero-order chi connectivity index (χ0) is 14.0. The van der Waals surface area contributed by atoms with E-state index in [9.17, 15) is 13.2 Å². The van der Waals surface area contributed by atoms with Crippen LogP contribution in [0.5, 0.6) is 5.75 Å². The van der Waals surface area contributed by atoms with Crippen molar-refractivity contribution in [3.63, 3.8) is 0 Å². The molecule has 0 radical (unpaired) electrons. The number of nitrogens with one attached hydrogen (secondary N) is 1. The summed E-state index contributed by atoms with van der Waals surface area (Å²) in [5, 5.41) is 0. The van der Waals surface area contributed by atoms with Gasteiger partial charge in [-0.05, 0) is 19.1 Å². The van der Waals surface area contributed by atoms with Gasteiger partial charge in [0.05, 0.1) is 18.0 Å². The molecule has 7 heteroatoms. The summed E-state index contributed by atoms with van der Waals surface area (Å²) >= 11 is 0. The lowest BCUT2D eigenvalue weighted by atomic mass is 10.2. The molecule has 19 heavy (non-hydrogen) atoms. The van der Waals surface area contributed by atoms with E-state index in [0.717, 1.165) is 0 Å². The quantitative estimate of drug-likeness (QED) is 0.865. The van der Waals surface area contributed by atoms with Crippen LogP contribution in [0.25, 0.3) is 0 Å². The molecule has 0 saturated carbocycles. The third kappa shape index (κ3) is 2.87. The van der Waals surface area contributed by atoms with Gasteiger partial charge in [0, 0.05) is 7.05 Å². The number of sulfonamides is 1. The maximum absolute atomic E-state index is 12.1. The lowest BCUT2D eigenvalue weighted by molar-refractivity contribution is -0.125. The standard InChI is InChI=1S/C12H16N2O4S/c1-3-19(16,17)13-8-11-12(15)14(2)9-6-4-5-7-10(9)18-11/h4-7,11,13H,3,8H2,1-2H3. The molecule has 0 saturated heterocycles. The van der Waals surface area contributed by atoms with E-state index < -0.39 is 16.1 Å². The third-order valence-corrected chi connectivity index (χ3v) is 4.34. The molecule has 1 amide bonds. The highest BCUT2D eigenvalue weighted by molar-refractivity contribution is 7.89. The molecular weight excluding hydrogens is 268 g/mol. The fourth-order valence-electron chi connectivity index (χ4n) is 1.81. The van der Waals surface area contributed by atoms with E-state index in [1.165, 1.54) is 11.8 Å². The van der Waals surface area contributed by atoms with Crippen LogP contribution >= 0.6 is 0 Å². The monoisotopic (exact) mass is 284 g/mol. The fraction of sp³-hybridized carbons (Fsp3) is 0.417. The number of amides is 1. The first-order chi connectivity index (χ1) is 8.94. The maximum atomic E-state index is 12.1. The van der Waals surface area contributed by atoms with Gasteiger partial charge >= 0.3 is 0 Å². The van der Waals surface area contributed by atoms with Crippen LogP contribution in [0.15, 0.2) is 24.3 Å². The van der Waals surface area contributed by atoms with Gasteiger partial charge in [0.1, 0.15) is 5.75 Å². The van der Waals surface area contributed by atoms with Crippen LogP contribution in [-0.2, 0) is 14.8 Å². The van der Waals surface area contributed by atoms with Crippen LogP contribution < -0.4 is 14.4 Å². The average Bonchev–Trinajstić information content (AvgIpc) is 2.41. The number of nitrogens with zero attached hydrogens (tertiary/aromatic N) is 1. The number of carbonyl (C=O) groups is 1. The minimum absolute atomic E-state index is 0.0274. The van der Waals surface area contributed by atoms with Crippen LogP contribution in [0.4, 0.5) is 5.69 Å². The van der Waals surface area contributed by atoms with Gasteiger partial charge in [0.15, 0.2) is 6.10 Å². The zero-order valence-corrected chi connectivity index (χ0v) is 11.6. The fourth-order valence-corrected chi connectivity index (χ4v) is 2.42. The summed E-state index contributed by atoms with van der Waals surface area (Å²) in [7, 11) is -1.69. The first-order valence-corrected chi connectivity index (χ1v) is 7.60. The number of hydrogen-bond donors (Lipinski definition) is 1. The smallest absolute Gasteiger partial charge is 0.269 e. The molecule has 104 valence electrons. The maximum Gasteiger partial charge on any atom is 0.269 e. The highest BCUT2D eigenvalue weighted by Gasteiger charge is 2.32. The van der Waals surface area contributed by atoms with Crippen LogP contribution in [0.2, 0.25) is 0 Å². The molecule has 1 unspecified atom stereocenters. The molecule has 1 aliphatic rings. The minimum atomic E-state index is -3.34. The number of anilines is 1. The van der Waals surface area contributed by atoms with E-state index >= 15 is 0 Å². The Morgan fingerprint density at radius 2 is 2.05 bits per heavy atom. The number of para-hydroxylation sites is 2. The molecule has 0 aliphatic carbocycles. The average molecular weight is 284 g/mol. The lowest BCUT2D eigenvalue weighted by Crippen LogP contribution is -2.49. The largest absolute Gasteiger partial charge is 0.477 e. The van der Waals surface area contributed by atoms with Gasteiger partial charge < -0.3 is 9.64 Å². The second-order valence-corrected chi connectivity index (χ2v) is 6.32. The SMILES string of the molecule is CCS(=O)(=O)NCC1Oc2ccccc2N(C)C1=O. The predicted octanol–water partition coefficient (Wildman–Crippen LogP) is 0.350. The first kappa shape index (κ1) is 13.8. The number of carbonyl (C=O) groups excluding carboxylic acids is 1. The molecule has 1 heterocycles. The normalized spacial score (nSPS) is 18.9. The summed E-state index contributed by atoms with van der Waals surface area (Å²) in [6.45, 7) is 1.47. The number of rotatable bonds is 4. The van der Waals surface area contributed by atoms with E-state index in [0.29, 0.717) is 11.4 Å². The van der Waals surface area contributed by atoms with Gasteiger partial charge in [0.25, 0.3) is 5.91 Å². The summed E-state index contributed by atoms with van der Waals surface area (Å²) in [5.41, 5.74) is 0.682. The summed E-state index contributed by atoms with van der Waals surface area (Å²) in [6, 6.07) is 7.14. The van der Waals surface area contributed by atoms with Crippen molar-refractivity contribution in [1.29, 1.82) is 0 Å². The molecule has 1 aromatic carbocycles. The Labute approximate surface area is 112 Å². The molecule has 1 aliphatic heterocycles. The molecule has 6 nitrogen and oxygen atoms in total. The summed E-state index contributed by atoms with van der Waals surface area (Å²) in [5.74, 6) is 0.281. The topological polar surface area (TPSA) is 75.7 Å². The number of ether oxygens (including phenoxy) is 1. The van der Waals surface area contributed by atoms with Crippen LogP contribution in [0.1, 0.15) is 6.92 Å². The van der Waals surface area contributed by atoms with Gasteiger partial charge in [0.2, 0.25) is 10.0 Å². The van der Waals surface area contributed by atoms with E-state index in [4.69, 9.17) is 4.74 Å². The Bertz CT molecular complexity index is 585. The van der Waals surface area contributed by atoms with Crippen molar-refractivity contribution in [2.75, 3.05) is 24.2 Å². The Hall–Kier alpha value is -1.60. The number of likely N-dealkylation sites (N-methyl/N-ethyl adjacent to an activating group) is 1. The molecule has 1 atom stereocenters. The predicted molar refractivity (Wildman–Crippen MR) is 71.7 cm³/mol. The van der Waals surface area contributed by atoms with Crippen molar-refractivity contribution in [2.24, 2.45) is 0 Å². The van der Waals surface area contributed by atoms with Crippen molar-refractivity contribution in [3.8, 4) is 5.75 Å². The van der Waals surface area contributed by atoms with Gasteiger partial charge in [-0.2, -0.15) is 0 Å². The molecule has 0 spiro atoms. The summed E-state index contributed by atoms with van der Waals surface area (Å²) in [4.78, 5) is 13.5. The van der Waals surface area contributed by atoms with Gasteiger partial charge in [-0.1, -0.05) is 12.1 Å². The van der Waals surface area contributed by atoms with E-state index in [2.05, 4.69) is 4.72 Å². The molecule has 0 fully saturated rings. The number of benzene rings is 1. The van der Waals surface area contributed by atoms with Crippen molar-refractivity contribution < 1.29 is 17.9 Å². The highest BCUT2D eigenvalue weighted by atomic mass is 32.2. The zero-order valence-electron chi connectivity index (χ0n) is 10.8. The van der Waals surface area contributed by atoms with E-state index in [-0.39, 0.29) is 18.2 Å². The molecule has 1 aromatic rings. The van der Waals surface area contributed by atoms with Crippen molar-refractivity contribution in [1.82, 2.24) is 4.72 Å². The molecule has 0 aromatic heterocycles. The van der Waals surface area contributed by atoms with Gasteiger partial charge in [-0.15, -0.1) is 0 Å². The molecule has 1 N–H and O–H groups in total. The van der Waals surface area contributed by atoms with Crippen LogP contribution in [0, 0.1) is 0 Å². The van der Waals surface area contributed by atoms with Crippen LogP contribution in [0.3, 0.4) is 0 Å². The van der Waals surface area contributed by atoms with Crippen molar-refractivity contribution >= 4 is 21.6 Å². The Balaban J connectivity index is 2.15. The van der Waals surface area contributed by atoms with Crippen molar-refractivity contribution in [3.05, 3.63) is 24.3 Å².